The molecule has 0 bridgehead atoms. The van der Waals surface area contributed by atoms with Crippen LogP contribution >= 0.6 is 15.9 Å². The molecule has 0 aromatic heterocycles. The van der Waals surface area contributed by atoms with Gasteiger partial charge in [-0.1, -0.05) is 28.9 Å². The Labute approximate surface area is 53.7 Å². The lowest BCUT2D eigenvalue weighted by molar-refractivity contribution is 0.710. The second-order valence-corrected chi connectivity index (χ2v) is 2.48. The molecule has 0 unspecified atom stereocenters. The fourth-order valence-electron chi connectivity index (χ4n) is 0.290. The predicted octanol–water partition coefficient (Wildman–Crippen LogP) is 2.59. The minimum absolute atomic E-state index is 0.666. The lowest BCUT2D eigenvalue weighted by Crippen LogP contribution is -1.87. The van der Waals surface area contributed by atoms with Crippen LogP contribution in [0, 0.1) is 5.92 Å². The third kappa shape index (κ3) is 4.07. The zero-order valence-corrected chi connectivity index (χ0v) is 6.24. The standard InChI is InChI=1S/C6H11Br/c1-3-6(2)4-5-7/h3,6H,1,4-5H2,2H3/t6-/m0/s1. The number of hydrogen-bond acceptors (Lipinski definition) is 0. The summed E-state index contributed by atoms with van der Waals surface area (Å²) < 4.78 is 0. The average Bonchev–Trinajstić information content (AvgIpc) is 1.68. The van der Waals surface area contributed by atoms with Crippen LogP contribution in [0.4, 0.5) is 0 Å². The van der Waals surface area contributed by atoms with Gasteiger partial charge in [0.2, 0.25) is 0 Å². The number of hydrogen-bond donors (Lipinski definition) is 0. The Morgan fingerprint density at radius 1 is 1.86 bits per heavy atom. The highest BCUT2D eigenvalue weighted by molar-refractivity contribution is 9.09. The number of allylic oxidation sites excluding steroid dienone is 1. The summed E-state index contributed by atoms with van der Waals surface area (Å²) in [6, 6.07) is 0. The molecule has 0 fully saturated rings. The van der Waals surface area contributed by atoms with Gasteiger partial charge in [-0.3, -0.25) is 0 Å². The Kier molecular flexibility index (Phi) is 4.52. The first-order chi connectivity index (χ1) is 3.31. The van der Waals surface area contributed by atoms with E-state index >= 15 is 0 Å². The molecule has 0 aliphatic carbocycles. The van der Waals surface area contributed by atoms with Gasteiger partial charge in [0, 0.05) is 5.33 Å². The van der Waals surface area contributed by atoms with Gasteiger partial charge in [0.25, 0.3) is 0 Å². The predicted molar refractivity (Wildman–Crippen MR) is 37.8 cm³/mol. The summed E-state index contributed by atoms with van der Waals surface area (Å²) in [6.45, 7) is 5.82. The molecule has 0 aliphatic heterocycles. The highest BCUT2D eigenvalue weighted by atomic mass is 79.9. The van der Waals surface area contributed by atoms with Gasteiger partial charge in [-0.15, -0.1) is 6.58 Å². The summed E-state index contributed by atoms with van der Waals surface area (Å²) in [5.41, 5.74) is 0. The van der Waals surface area contributed by atoms with E-state index < -0.39 is 0 Å². The monoisotopic (exact) mass is 162 g/mol. The van der Waals surface area contributed by atoms with Crippen LogP contribution in [0.3, 0.4) is 0 Å². The van der Waals surface area contributed by atoms with Gasteiger partial charge in [0.15, 0.2) is 0 Å². The van der Waals surface area contributed by atoms with Crippen molar-refractivity contribution < 1.29 is 0 Å². The summed E-state index contributed by atoms with van der Waals surface area (Å²) in [5.74, 6) is 0.666. The second-order valence-electron chi connectivity index (χ2n) is 1.69. The molecule has 0 aromatic carbocycles. The minimum atomic E-state index is 0.666. The molecule has 0 radical (unpaired) electrons. The Hall–Kier alpha value is 0.220. The van der Waals surface area contributed by atoms with E-state index in [1.54, 1.807) is 0 Å². The first-order valence-corrected chi connectivity index (χ1v) is 3.62. The van der Waals surface area contributed by atoms with Crippen LogP contribution in [0.5, 0.6) is 0 Å². The lowest BCUT2D eigenvalue weighted by Gasteiger charge is -1.97. The molecular formula is C6H11Br. The SMILES string of the molecule is C=C[C@H](C)CCBr. The summed E-state index contributed by atoms with van der Waals surface area (Å²) in [5, 5.41) is 1.08. The van der Waals surface area contributed by atoms with Crippen LogP contribution in [0.1, 0.15) is 13.3 Å². The summed E-state index contributed by atoms with van der Waals surface area (Å²) >= 11 is 3.34. The Morgan fingerprint density at radius 2 is 2.43 bits per heavy atom. The topological polar surface area (TPSA) is 0 Å². The van der Waals surface area contributed by atoms with Crippen LogP contribution in [0.25, 0.3) is 0 Å². The molecule has 0 saturated carbocycles. The Balaban J connectivity index is 2.98. The molecule has 0 amide bonds. The summed E-state index contributed by atoms with van der Waals surface area (Å²) in [6.07, 6.45) is 3.17. The van der Waals surface area contributed by atoms with Gasteiger partial charge < -0.3 is 0 Å². The zero-order chi connectivity index (χ0) is 5.70. The Morgan fingerprint density at radius 3 is 2.57 bits per heavy atom. The van der Waals surface area contributed by atoms with Crippen molar-refractivity contribution in [3.8, 4) is 0 Å². The smallest absolute Gasteiger partial charge is 0.00368 e. The molecule has 0 rings (SSSR count). The van der Waals surface area contributed by atoms with Crippen molar-refractivity contribution in [1.29, 1.82) is 0 Å². The molecule has 0 nitrogen and oxygen atoms in total. The van der Waals surface area contributed by atoms with Crippen LogP contribution in [0.2, 0.25) is 0 Å². The fourth-order valence-corrected chi connectivity index (χ4v) is 1.01. The van der Waals surface area contributed by atoms with Gasteiger partial charge in [-0.2, -0.15) is 0 Å². The molecule has 42 valence electrons. The van der Waals surface area contributed by atoms with Crippen LogP contribution < -0.4 is 0 Å². The van der Waals surface area contributed by atoms with Crippen molar-refractivity contribution >= 4 is 15.9 Å². The summed E-state index contributed by atoms with van der Waals surface area (Å²) in [4.78, 5) is 0. The minimum Gasteiger partial charge on any atom is -0.103 e. The van der Waals surface area contributed by atoms with Crippen molar-refractivity contribution in [1.82, 2.24) is 0 Å². The van der Waals surface area contributed by atoms with E-state index in [4.69, 9.17) is 0 Å². The van der Waals surface area contributed by atoms with Gasteiger partial charge >= 0.3 is 0 Å². The number of rotatable bonds is 3. The molecule has 0 spiro atoms. The molecule has 0 heterocycles. The molecule has 0 aliphatic rings. The van der Waals surface area contributed by atoms with E-state index in [2.05, 4.69) is 29.4 Å². The molecule has 0 saturated heterocycles. The Bertz CT molecular complexity index is 50.1. The maximum Gasteiger partial charge on any atom is 0.00368 e. The second kappa shape index (κ2) is 4.38. The van der Waals surface area contributed by atoms with Gasteiger partial charge in [0.1, 0.15) is 0 Å². The normalized spacial score (nSPS) is 13.4. The van der Waals surface area contributed by atoms with Crippen molar-refractivity contribution in [2.45, 2.75) is 13.3 Å². The lowest BCUT2D eigenvalue weighted by atomic mass is 10.1. The first-order valence-electron chi connectivity index (χ1n) is 2.49. The van der Waals surface area contributed by atoms with Gasteiger partial charge in [0.05, 0.1) is 0 Å². The molecule has 1 heteroatoms. The number of halogens is 1. The average molecular weight is 163 g/mol. The van der Waals surface area contributed by atoms with E-state index in [1.165, 1.54) is 6.42 Å². The maximum absolute atomic E-state index is 3.66. The van der Waals surface area contributed by atoms with Crippen molar-refractivity contribution in [3.63, 3.8) is 0 Å². The van der Waals surface area contributed by atoms with E-state index in [1.807, 2.05) is 6.08 Å². The zero-order valence-electron chi connectivity index (χ0n) is 4.65. The number of alkyl halides is 1. The van der Waals surface area contributed by atoms with E-state index in [0.717, 1.165) is 5.33 Å². The molecule has 0 aromatic rings. The van der Waals surface area contributed by atoms with Crippen molar-refractivity contribution in [2.24, 2.45) is 5.92 Å². The maximum atomic E-state index is 3.66. The molecule has 7 heavy (non-hydrogen) atoms. The largest absolute Gasteiger partial charge is 0.103 e. The highest BCUT2D eigenvalue weighted by Crippen LogP contribution is 2.03. The van der Waals surface area contributed by atoms with Gasteiger partial charge in [-0.05, 0) is 12.3 Å². The van der Waals surface area contributed by atoms with E-state index in [9.17, 15) is 0 Å². The van der Waals surface area contributed by atoms with Crippen molar-refractivity contribution in [2.75, 3.05) is 5.33 Å². The summed E-state index contributed by atoms with van der Waals surface area (Å²) in [7, 11) is 0. The highest BCUT2D eigenvalue weighted by Gasteiger charge is 1.90. The quantitative estimate of drug-likeness (QED) is 0.443. The first kappa shape index (κ1) is 7.22. The van der Waals surface area contributed by atoms with Crippen LogP contribution in [0.15, 0.2) is 12.7 Å². The molecular weight excluding hydrogens is 152 g/mol. The third-order valence-corrected chi connectivity index (χ3v) is 1.42. The van der Waals surface area contributed by atoms with Crippen LogP contribution in [-0.4, -0.2) is 5.33 Å². The molecule has 0 N–H and O–H groups in total. The third-order valence-electron chi connectivity index (χ3n) is 0.967. The van der Waals surface area contributed by atoms with Crippen molar-refractivity contribution in [3.05, 3.63) is 12.7 Å². The molecule has 1 atom stereocenters. The fraction of sp³-hybridized carbons (Fsp3) is 0.667. The van der Waals surface area contributed by atoms with Crippen LogP contribution in [-0.2, 0) is 0 Å². The van der Waals surface area contributed by atoms with E-state index in [-0.39, 0.29) is 0 Å². The van der Waals surface area contributed by atoms with Gasteiger partial charge in [-0.25, -0.2) is 0 Å². The van der Waals surface area contributed by atoms with E-state index in [0.29, 0.717) is 5.92 Å².